The van der Waals surface area contributed by atoms with Crippen molar-refractivity contribution < 1.29 is 18.3 Å². The van der Waals surface area contributed by atoms with E-state index < -0.39 is 17.1 Å². The number of phenols is 1. The fourth-order valence-corrected chi connectivity index (χ4v) is 2.36. The Bertz CT molecular complexity index is 868. The summed E-state index contributed by atoms with van der Waals surface area (Å²) in [5, 5.41) is 17.2. The third-order valence-corrected chi connectivity index (χ3v) is 3.46. The summed E-state index contributed by atoms with van der Waals surface area (Å²) < 4.78 is 37.0. The molecule has 0 amide bonds. The fourth-order valence-electron chi connectivity index (χ4n) is 2.07. The summed E-state index contributed by atoms with van der Waals surface area (Å²) >= 11 is -2.15. The Morgan fingerprint density at radius 1 is 1.27 bits per heavy atom. The number of halogens is 1. The molecule has 0 radical (unpaired) electrons. The molecule has 1 heterocycles. The summed E-state index contributed by atoms with van der Waals surface area (Å²) in [6, 6.07) is 8.87. The van der Waals surface area contributed by atoms with E-state index in [1.807, 2.05) is 0 Å². The molecule has 3 rings (SSSR count). The van der Waals surface area contributed by atoms with Crippen molar-refractivity contribution in [3.63, 3.8) is 0 Å². The summed E-state index contributed by atoms with van der Waals surface area (Å²) in [5.41, 5.74) is 1.72. The van der Waals surface area contributed by atoms with E-state index in [2.05, 4.69) is 15.0 Å². The molecule has 0 bridgehead atoms. The lowest BCUT2D eigenvalue weighted by Gasteiger charge is -2.06. The molecule has 1 atom stereocenters. The molecule has 0 spiro atoms. The number of benzene rings is 2. The SMILES string of the molecule is O=S(O)NCc1ccc(-n2nnc3cc(O)ccc32)c(F)c1. The topological polar surface area (TPSA) is 100 Å². The van der Waals surface area contributed by atoms with Crippen molar-refractivity contribution in [2.24, 2.45) is 0 Å². The van der Waals surface area contributed by atoms with Crippen molar-refractivity contribution in [1.82, 2.24) is 19.7 Å². The maximum absolute atomic E-state index is 14.2. The maximum Gasteiger partial charge on any atom is 0.232 e. The zero-order chi connectivity index (χ0) is 15.7. The van der Waals surface area contributed by atoms with Crippen LogP contribution < -0.4 is 4.72 Å². The fraction of sp³-hybridized carbons (Fsp3) is 0.0769. The minimum Gasteiger partial charge on any atom is -0.508 e. The molecule has 0 aliphatic rings. The summed E-state index contributed by atoms with van der Waals surface area (Å²) in [7, 11) is 0. The predicted molar refractivity (Wildman–Crippen MR) is 78.1 cm³/mol. The van der Waals surface area contributed by atoms with Crippen molar-refractivity contribution in [3.05, 3.63) is 47.8 Å². The molecule has 0 aliphatic carbocycles. The van der Waals surface area contributed by atoms with Gasteiger partial charge in [0.05, 0.1) is 5.52 Å². The van der Waals surface area contributed by atoms with Crippen molar-refractivity contribution in [3.8, 4) is 11.4 Å². The lowest BCUT2D eigenvalue weighted by molar-refractivity contribution is 0.476. The van der Waals surface area contributed by atoms with E-state index >= 15 is 0 Å². The zero-order valence-electron chi connectivity index (χ0n) is 11.1. The van der Waals surface area contributed by atoms with Gasteiger partial charge < -0.3 is 5.11 Å². The van der Waals surface area contributed by atoms with E-state index in [0.717, 1.165) is 0 Å². The smallest absolute Gasteiger partial charge is 0.232 e. The van der Waals surface area contributed by atoms with E-state index in [0.29, 0.717) is 16.6 Å². The molecule has 9 heteroatoms. The Hall–Kier alpha value is -2.36. The first-order valence-electron chi connectivity index (χ1n) is 6.22. The van der Waals surface area contributed by atoms with Crippen LogP contribution in [0.4, 0.5) is 4.39 Å². The average molecular weight is 322 g/mol. The molecule has 0 saturated carbocycles. The van der Waals surface area contributed by atoms with E-state index in [9.17, 15) is 13.7 Å². The van der Waals surface area contributed by atoms with Crippen molar-refractivity contribution in [1.29, 1.82) is 0 Å². The molecule has 0 saturated heterocycles. The molecule has 2 aromatic carbocycles. The molecule has 0 fully saturated rings. The predicted octanol–water partition coefficient (Wildman–Crippen LogP) is 1.49. The number of hydrogen-bond acceptors (Lipinski definition) is 4. The van der Waals surface area contributed by atoms with Gasteiger partial charge in [-0.25, -0.2) is 18.0 Å². The van der Waals surface area contributed by atoms with Gasteiger partial charge in [0, 0.05) is 12.6 Å². The Balaban J connectivity index is 1.98. The molecular weight excluding hydrogens is 311 g/mol. The Morgan fingerprint density at radius 3 is 2.82 bits per heavy atom. The summed E-state index contributed by atoms with van der Waals surface area (Å²) in [5.74, 6) is -0.485. The van der Waals surface area contributed by atoms with Crippen LogP contribution in [-0.2, 0) is 17.8 Å². The minimum atomic E-state index is -2.15. The largest absolute Gasteiger partial charge is 0.508 e. The van der Waals surface area contributed by atoms with Gasteiger partial charge in [-0.2, -0.15) is 0 Å². The molecule has 0 aliphatic heterocycles. The summed E-state index contributed by atoms with van der Waals surface area (Å²) in [6.07, 6.45) is 0. The number of rotatable bonds is 4. The lowest BCUT2D eigenvalue weighted by atomic mass is 10.2. The van der Waals surface area contributed by atoms with Gasteiger partial charge in [0.2, 0.25) is 11.3 Å². The highest BCUT2D eigenvalue weighted by Gasteiger charge is 2.12. The van der Waals surface area contributed by atoms with Crippen LogP contribution >= 0.6 is 0 Å². The molecule has 3 aromatic rings. The van der Waals surface area contributed by atoms with Gasteiger partial charge in [-0.15, -0.1) is 5.10 Å². The number of nitrogens with one attached hydrogen (secondary N) is 1. The molecule has 1 aromatic heterocycles. The second-order valence-corrected chi connectivity index (χ2v) is 5.32. The standard InChI is InChI=1S/C13H11FN4O3S/c14-10-5-8(7-15-22(20)21)1-3-12(10)18-13-4-2-9(19)6-11(13)16-17-18/h1-6,15,19H,7H2,(H,20,21). The second-order valence-electron chi connectivity index (χ2n) is 4.53. The van der Waals surface area contributed by atoms with Crippen molar-refractivity contribution in [2.45, 2.75) is 6.54 Å². The number of phenolic OH excluding ortho intramolecular Hbond substituents is 1. The third-order valence-electron chi connectivity index (χ3n) is 3.07. The van der Waals surface area contributed by atoms with Crippen LogP contribution in [0.5, 0.6) is 5.75 Å². The highest BCUT2D eigenvalue weighted by atomic mass is 32.2. The van der Waals surface area contributed by atoms with Crippen LogP contribution in [0.2, 0.25) is 0 Å². The average Bonchev–Trinajstić information content (AvgIpc) is 2.88. The maximum atomic E-state index is 14.2. The van der Waals surface area contributed by atoms with Crippen LogP contribution in [0.25, 0.3) is 16.7 Å². The number of aromatic nitrogens is 3. The number of nitrogens with zero attached hydrogens (tertiary/aromatic N) is 3. The van der Waals surface area contributed by atoms with Crippen LogP contribution in [-0.4, -0.2) is 28.9 Å². The van der Waals surface area contributed by atoms with E-state index in [4.69, 9.17) is 4.55 Å². The molecule has 22 heavy (non-hydrogen) atoms. The van der Waals surface area contributed by atoms with E-state index in [1.54, 1.807) is 12.1 Å². The molecule has 114 valence electrons. The van der Waals surface area contributed by atoms with Crippen molar-refractivity contribution in [2.75, 3.05) is 0 Å². The van der Waals surface area contributed by atoms with Crippen LogP contribution in [0.1, 0.15) is 5.56 Å². The molecular formula is C13H11FN4O3S. The van der Waals surface area contributed by atoms with Gasteiger partial charge in [0.25, 0.3) is 0 Å². The van der Waals surface area contributed by atoms with E-state index in [1.165, 1.54) is 28.9 Å². The highest BCUT2D eigenvalue weighted by molar-refractivity contribution is 7.77. The summed E-state index contributed by atoms with van der Waals surface area (Å²) in [6.45, 7) is 0.0618. The second kappa shape index (κ2) is 5.79. The zero-order valence-corrected chi connectivity index (χ0v) is 11.9. The Morgan fingerprint density at radius 2 is 2.09 bits per heavy atom. The normalized spacial score (nSPS) is 12.6. The molecule has 1 unspecified atom stereocenters. The van der Waals surface area contributed by atoms with E-state index in [-0.39, 0.29) is 18.0 Å². The third kappa shape index (κ3) is 2.82. The van der Waals surface area contributed by atoms with Gasteiger partial charge >= 0.3 is 0 Å². The number of hydrogen-bond donors (Lipinski definition) is 3. The van der Waals surface area contributed by atoms with Crippen LogP contribution in [0.3, 0.4) is 0 Å². The van der Waals surface area contributed by atoms with Gasteiger partial charge in [-0.1, -0.05) is 11.3 Å². The number of aromatic hydroxyl groups is 1. The Labute approximate surface area is 126 Å². The first-order valence-corrected chi connectivity index (χ1v) is 7.33. The minimum absolute atomic E-state index is 0.0541. The van der Waals surface area contributed by atoms with Gasteiger partial charge in [0.1, 0.15) is 22.8 Å². The number of fused-ring (bicyclic) bond motifs is 1. The van der Waals surface area contributed by atoms with Crippen LogP contribution in [0.15, 0.2) is 36.4 Å². The first kappa shape index (κ1) is 14.6. The van der Waals surface area contributed by atoms with Gasteiger partial charge in [-0.3, -0.25) is 4.55 Å². The lowest BCUT2D eigenvalue weighted by Crippen LogP contribution is -2.15. The monoisotopic (exact) mass is 322 g/mol. The van der Waals surface area contributed by atoms with Gasteiger partial charge in [0.15, 0.2) is 0 Å². The first-order chi connectivity index (χ1) is 10.5. The van der Waals surface area contributed by atoms with Crippen molar-refractivity contribution >= 4 is 22.3 Å². The highest BCUT2D eigenvalue weighted by Crippen LogP contribution is 2.22. The molecule has 7 nitrogen and oxygen atoms in total. The van der Waals surface area contributed by atoms with Crippen LogP contribution in [0, 0.1) is 5.82 Å². The quantitative estimate of drug-likeness (QED) is 0.632. The molecule has 3 N–H and O–H groups in total. The Kier molecular flexibility index (Phi) is 3.84. The summed E-state index contributed by atoms with van der Waals surface area (Å²) in [4.78, 5) is 0. The van der Waals surface area contributed by atoms with Gasteiger partial charge in [-0.05, 0) is 29.8 Å².